The van der Waals surface area contributed by atoms with E-state index in [1.165, 1.54) is 6.42 Å². The summed E-state index contributed by atoms with van der Waals surface area (Å²) < 4.78 is 5.28. The van der Waals surface area contributed by atoms with Crippen molar-refractivity contribution >= 4 is 17.4 Å². The Balaban J connectivity index is 1.98. The van der Waals surface area contributed by atoms with Crippen molar-refractivity contribution in [3.63, 3.8) is 0 Å². The Bertz CT molecular complexity index is 204. The minimum Gasteiger partial charge on any atom is -0.381 e. The van der Waals surface area contributed by atoms with E-state index in [1.807, 2.05) is 0 Å². The zero-order valence-corrected chi connectivity index (χ0v) is 7.19. The van der Waals surface area contributed by atoms with Gasteiger partial charge in [0.2, 0.25) is 0 Å². The number of hydrogen-bond acceptors (Lipinski definition) is 3. The van der Waals surface area contributed by atoms with Gasteiger partial charge in [-0.05, 0) is 36.9 Å². The molecule has 0 radical (unpaired) electrons. The average molecular weight is 169 g/mol. The highest BCUT2D eigenvalue weighted by Gasteiger charge is 2.54. The third kappa shape index (κ3) is 1.24. The molecule has 1 heterocycles. The molecular formula is C8H11NOS. The molecule has 11 heavy (non-hydrogen) atoms. The molecule has 0 bridgehead atoms. The van der Waals surface area contributed by atoms with Crippen LogP contribution in [-0.2, 0) is 4.74 Å². The number of isothiocyanates is 1. The number of thiocarbonyl (C=S) groups is 1. The van der Waals surface area contributed by atoms with Crippen molar-refractivity contribution < 1.29 is 4.74 Å². The van der Waals surface area contributed by atoms with Crippen LogP contribution in [-0.4, -0.2) is 24.4 Å². The maximum absolute atomic E-state index is 5.28. The first-order valence-corrected chi connectivity index (χ1v) is 4.43. The molecule has 60 valence electrons. The lowest BCUT2D eigenvalue weighted by Crippen LogP contribution is -2.19. The van der Waals surface area contributed by atoms with Crippen molar-refractivity contribution in [3.8, 4) is 0 Å². The van der Waals surface area contributed by atoms with Crippen LogP contribution in [0.2, 0.25) is 0 Å². The normalized spacial score (nSPS) is 32.9. The molecule has 1 saturated heterocycles. The summed E-state index contributed by atoms with van der Waals surface area (Å²) in [6.07, 6.45) is 3.54. The van der Waals surface area contributed by atoms with Gasteiger partial charge in [0.15, 0.2) is 0 Å². The molecule has 2 aliphatic rings. The van der Waals surface area contributed by atoms with Gasteiger partial charge >= 0.3 is 0 Å². The SMILES string of the molecule is S=C=NC1CC12CCOCC2. The summed E-state index contributed by atoms with van der Waals surface area (Å²) in [7, 11) is 0. The summed E-state index contributed by atoms with van der Waals surface area (Å²) in [4.78, 5) is 4.12. The minimum atomic E-state index is 0.476. The average Bonchev–Trinajstić information content (AvgIpc) is 2.66. The van der Waals surface area contributed by atoms with Gasteiger partial charge in [0.05, 0.1) is 11.2 Å². The molecule has 1 unspecified atom stereocenters. The smallest absolute Gasteiger partial charge is 0.0667 e. The predicted molar refractivity (Wildman–Crippen MR) is 45.9 cm³/mol. The number of hydrogen-bond donors (Lipinski definition) is 0. The first-order valence-electron chi connectivity index (χ1n) is 4.02. The number of aliphatic imine (C=N–C) groups is 1. The third-order valence-corrected chi connectivity index (χ3v) is 2.95. The van der Waals surface area contributed by atoms with E-state index >= 15 is 0 Å². The van der Waals surface area contributed by atoms with Crippen LogP contribution in [0.4, 0.5) is 0 Å². The molecule has 3 heteroatoms. The van der Waals surface area contributed by atoms with Crippen LogP contribution >= 0.6 is 12.2 Å². The molecule has 2 fully saturated rings. The van der Waals surface area contributed by atoms with Crippen LogP contribution in [0.15, 0.2) is 4.99 Å². The Hall–Kier alpha value is -0.240. The van der Waals surface area contributed by atoms with E-state index in [9.17, 15) is 0 Å². The molecule has 2 nitrogen and oxygen atoms in total. The Morgan fingerprint density at radius 2 is 2.18 bits per heavy atom. The van der Waals surface area contributed by atoms with E-state index < -0.39 is 0 Å². The van der Waals surface area contributed by atoms with Crippen LogP contribution < -0.4 is 0 Å². The van der Waals surface area contributed by atoms with Crippen LogP contribution in [0.3, 0.4) is 0 Å². The summed E-state index contributed by atoms with van der Waals surface area (Å²) in [5.74, 6) is 0. The van der Waals surface area contributed by atoms with Gasteiger partial charge in [0.25, 0.3) is 0 Å². The van der Waals surface area contributed by atoms with Crippen molar-refractivity contribution in [3.05, 3.63) is 0 Å². The summed E-state index contributed by atoms with van der Waals surface area (Å²) in [6.45, 7) is 1.81. The van der Waals surface area contributed by atoms with E-state index in [1.54, 1.807) is 0 Å². The standard InChI is InChI=1S/C8H11NOS/c11-6-9-7-5-8(7)1-3-10-4-2-8/h7H,1-5H2. The van der Waals surface area contributed by atoms with Gasteiger partial charge in [-0.1, -0.05) is 0 Å². The molecular weight excluding hydrogens is 158 g/mol. The van der Waals surface area contributed by atoms with Crippen molar-refractivity contribution in [1.29, 1.82) is 0 Å². The Morgan fingerprint density at radius 1 is 1.45 bits per heavy atom. The van der Waals surface area contributed by atoms with Gasteiger partial charge in [-0.3, -0.25) is 0 Å². The van der Waals surface area contributed by atoms with E-state index in [-0.39, 0.29) is 0 Å². The van der Waals surface area contributed by atoms with E-state index in [2.05, 4.69) is 22.4 Å². The van der Waals surface area contributed by atoms with Gasteiger partial charge in [0.1, 0.15) is 0 Å². The van der Waals surface area contributed by atoms with Gasteiger partial charge in [-0.15, -0.1) is 0 Å². The molecule has 0 aromatic carbocycles. The summed E-state index contributed by atoms with van der Waals surface area (Å²) in [5, 5.41) is 2.47. The maximum atomic E-state index is 5.28. The van der Waals surface area contributed by atoms with Crippen molar-refractivity contribution in [1.82, 2.24) is 0 Å². The van der Waals surface area contributed by atoms with Gasteiger partial charge in [-0.2, -0.15) is 0 Å². The number of ether oxygens (including phenoxy) is 1. The van der Waals surface area contributed by atoms with Gasteiger partial charge in [0, 0.05) is 13.2 Å². The topological polar surface area (TPSA) is 21.6 Å². The van der Waals surface area contributed by atoms with Crippen LogP contribution in [0.5, 0.6) is 0 Å². The molecule has 0 amide bonds. The van der Waals surface area contributed by atoms with Crippen molar-refractivity contribution in [2.75, 3.05) is 13.2 Å². The zero-order chi connectivity index (χ0) is 7.73. The summed E-state index contributed by atoms with van der Waals surface area (Å²) >= 11 is 4.57. The fourth-order valence-electron chi connectivity index (χ4n) is 1.89. The van der Waals surface area contributed by atoms with Crippen molar-refractivity contribution in [2.45, 2.75) is 25.3 Å². The maximum Gasteiger partial charge on any atom is 0.0667 e. The van der Waals surface area contributed by atoms with E-state index in [0.29, 0.717) is 11.5 Å². The predicted octanol–water partition coefficient (Wildman–Crippen LogP) is 1.66. The monoisotopic (exact) mass is 169 g/mol. The minimum absolute atomic E-state index is 0.476. The summed E-state index contributed by atoms with van der Waals surface area (Å²) in [5.41, 5.74) is 0.476. The highest BCUT2D eigenvalue weighted by Crippen LogP contribution is 2.55. The number of nitrogens with zero attached hydrogens (tertiary/aromatic N) is 1. The Kier molecular flexibility index (Phi) is 1.80. The molecule has 0 aromatic rings. The fraction of sp³-hybridized carbons (Fsp3) is 0.875. The highest BCUT2D eigenvalue weighted by molar-refractivity contribution is 7.78. The molecule has 0 aromatic heterocycles. The summed E-state index contributed by atoms with van der Waals surface area (Å²) in [6, 6.07) is 0.476. The van der Waals surface area contributed by atoms with Gasteiger partial charge < -0.3 is 4.74 Å². The lowest BCUT2D eigenvalue weighted by Gasteiger charge is -2.21. The first kappa shape index (κ1) is 7.41. The molecule has 2 rings (SSSR count). The quantitative estimate of drug-likeness (QED) is 0.440. The second-order valence-electron chi connectivity index (χ2n) is 3.42. The Labute approximate surface area is 71.6 Å². The zero-order valence-electron chi connectivity index (χ0n) is 6.38. The third-order valence-electron chi connectivity index (χ3n) is 2.84. The molecule has 1 atom stereocenters. The first-order chi connectivity index (χ1) is 5.37. The number of rotatable bonds is 1. The lowest BCUT2D eigenvalue weighted by molar-refractivity contribution is 0.0561. The van der Waals surface area contributed by atoms with Crippen LogP contribution in [0.1, 0.15) is 19.3 Å². The second kappa shape index (κ2) is 2.67. The van der Waals surface area contributed by atoms with Crippen LogP contribution in [0.25, 0.3) is 0 Å². The molecule has 0 N–H and O–H groups in total. The van der Waals surface area contributed by atoms with Crippen molar-refractivity contribution in [2.24, 2.45) is 10.4 Å². The molecule has 1 aliphatic heterocycles. The molecule has 1 saturated carbocycles. The molecule has 1 aliphatic carbocycles. The van der Waals surface area contributed by atoms with E-state index in [0.717, 1.165) is 26.1 Å². The fourth-order valence-corrected chi connectivity index (χ4v) is 2.01. The Morgan fingerprint density at radius 3 is 2.82 bits per heavy atom. The molecule has 1 spiro atoms. The van der Waals surface area contributed by atoms with Crippen LogP contribution in [0, 0.1) is 5.41 Å². The van der Waals surface area contributed by atoms with E-state index in [4.69, 9.17) is 4.74 Å². The largest absolute Gasteiger partial charge is 0.381 e. The lowest BCUT2D eigenvalue weighted by atomic mass is 9.96. The second-order valence-corrected chi connectivity index (χ2v) is 3.60. The van der Waals surface area contributed by atoms with Gasteiger partial charge in [-0.25, -0.2) is 4.99 Å². The highest BCUT2D eigenvalue weighted by atomic mass is 32.1.